The van der Waals surface area contributed by atoms with Crippen molar-refractivity contribution in [3.05, 3.63) is 29.6 Å². The van der Waals surface area contributed by atoms with Crippen molar-refractivity contribution < 1.29 is 9.13 Å². The third kappa shape index (κ3) is 2.96. The number of hydrogen-bond donors (Lipinski definition) is 1. The summed E-state index contributed by atoms with van der Waals surface area (Å²) < 4.78 is 19.3. The Morgan fingerprint density at radius 1 is 1.35 bits per heavy atom. The zero-order valence-corrected chi connectivity index (χ0v) is 10.2. The van der Waals surface area contributed by atoms with E-state index in [0.29, 0.717) is 19.8 Å². The molecule has 0 radical (unpaired) electrons. The molecule has 1 aromatic rings. The zero-order valence-electron chi connectivity index (χ0n) is 10.2. The fourth-order valence-corrected chi connectivity index (χ4v) is 2.10. The molecular formula is C13H19FN2O. The van der Waals surface area contributed by atoms with E-state index in [1.54, 1.807) is 6.07 Å². The molecule has 0 saturated carbocycles. The predicted octanol–water partition coefficient (Wildman–Crippen LogP) is 1.77. The second-order valence-corrected chi connectivity index (χ2v) is 4.13. The van der Waals surface area contributed by atoms with Crippen molar-refractivity contribution in [1.29, 1.82) is 0 Å². The van der Waals surface area contributed by atoms with Crippen molar-refractivity contribution in [1.82, 2.24) is 5.32 Å². The van der Waals surface area contributed by atoms with Crippen LogP contribution in [0, 0.1) is 5.82 Å². The minimum absolute atomic E-state index is 0.137. The van der Waals surface area contributed by atoms with Crippen LogP contribution in [0.4, 0.5) is 10.1 Å². The molecule has 17 heavy (non-hydrogen) atoms. The van der Waals surface area contributed by atoms with Crippen LogP contribution in [0.3, 0.4) is 0 Å². The van der Waals surface area contributed by atoms with E-state index in [2.05, 4.69) is 10.2 Å². The van der Waals surface area contributed by atoms with E-state index in [1.165, 1.54) is 6.07 Å². The van der Waals surface area contributed by atoms with Gasteiger partial charge in [-0.25, -0.2) is 4.39 Å². The first-order valence-corrected chi connectivity index (χ1v) is 6.13. The Labute approximate surface area is 102 Å². The van der Waals surface area contributed by atoms with Crippen LogP contribution in [0.5, 0.6) is 0 Å². The second-order valence-electron chi connectivity index (χ2n) is 4.13. The Balaban J connectivity index is 2.22. The molecule has 0 atom stereocenters. The first-order chi connectivity index (χ1) is 8.33. The number of para-hydroxylation sites is 1. The molecule has 1 aliphatic rings. The number of halogens is 1. The quantitative estimate of drug-likeness (QED) is 0.865. The third-order valence-corrected chi connectivity index (χ3v) is 2.96. The van der Waals surface area contributed by atoms with Crippen molar-refractivity contribution in [3.63, 3.8) is 0 Å². The fraction of sp³-hybridized carbons (Fsp3) is 0.538. The maximum atomic E-state index is 14.0. The number of morpholine rings is 1. The largest absolute Gasteiger partial charge is 0.378 e. The summed E-state index contributed by atoms with van der Waals surface area (Å²) in [5.74, 6) is -0.137. The van der Waals surface area contributed by atoms with Gasteiger partial charge in [-0.2, -0.15) is 0 Å². The van der Waals surface area contributed by atoms with Gasteiger partial charge in [0.1, 0.15) is 5.82 Å². The summed E-state index contributed by atoms with van der Waals surface area (Å²) in [6.45, 7) is 6.53. The Morgan fingerprint density at radius 2 is 2.12 bits per heavy atom. The molecule has 1 N–H and O–H groups in total. The Kier molecular flexibility index (Phi) is 4.34. The number of benzene rings is 1. The second kappa shape index (κ2) is 5.98. The van der Waals surface area contributed by atoms with Gasteiger partial charge in [0.25, 0.3) is 0 Å². The first-order valence-electron chi connectivity index (χ1n) is 6.13. The summed E-state index contributed by atoms with van der Waals surface area (Å²) >= 11 is 0. The number of nitrogens with zero attached hydrogens (tertiary/aromatic N) is 1. The lowest BCUT2D eigenvalue weighted by atomic mass is 10.1. The van der Waals surface area contributed by atoms with Gasteiger partial charge in [0.15, 0.2) is 0 Å². The minimum atomic E-state index is -0.137. The van der Waals surface area contributed by atoms with Crippen LogP contribution in [0.25, 0.3) is 0 Å². The van der Waals surface area contributed by atoms with Crippen molar-refractivity contribution in [2.45, 2.75) is 13.5 Å². The summed E-state index contributed by atoms with van der Waals surface area (Å²) in [6, 6.07) is 5.28. The number of hydrogen-bond acceptors (Lipinski definition) is 3. The summed E-state index contributed by atoms with van der Waals surface area (Å²) in [5.41, 5.74) is 1.76. The lowest BCUT2D eigenvalue weighted by Gasteiger charge is -2.31. The summed E-state index contributed by atoms with van der Waals surface area (Å²) in [5, 5.41) is 3.25. The SMILES string of the molecule is CCNCc1cccc(F)c1N1CCOCC1. The van der Waals surface area contributed by atoms with Crippen molar-refractivity contribution in [2.24, 2.45) is 0 Å². The van der Waals surface area contributed by atoms with E-state index in [9.17, 15) is 4.39 Å². The van der Waals surface area contributed by atoms with Gasteiger partial charge >= 0.3 is 0 Å². The number of rotatable bonds is 4. The third-order valence-electron chi connectivity index (χ3n) is 2.96. The summed E-state index contributed by atoms with van der Waals surface area (Å²) in [4.78, 5) is 2.07. The van der Waals surface area contributed by atoms with E-state index in [1.807, 2.05) is 13.0 Å². The van der Waals surface area contributed by atoms with Crippen LogP contribution in [0.2, 0.25) is 0 Å². The predicted molar refractivity (Wildman–Crippen MR) is 66.8 cm³/mol. The maximum absolute atomic E-state index is 14.0. The number of nitrogens with one attached hydrogen (secondary N) is 1. The fourth-order valence-electron chi connectivity index (χ4n) is 2.10. The van der Waals surface area contributed by atoms with Gasteiger partial charge in [-0.3, -0.25) is 0 Å². The van der Waals surface area contributed by atoms with Gasteiger partial charge in [-0.15, -0.1) is 0 Å². The van der Waals surface area contributed by atoms with Gasteiger partial charge in [-0.1, -0.05) is 19.1 Å². The highest BCUT2D eigenvalue weighted by Crippen LogP contribution is 2.25. The number of ether oxygens (including phenoxy) is 1. The molecule has 0 aliphatic carbocycles. The van der Waals surface area contributed by atoms with Gasteiger partial charge in [-0.05, 0) is 18.2 Å². The van der Waals surface area contributed by atoms with Gasteiger partial charge in [0.05, 0.1) is 18.9 Å². The standard InChI is InChI=1S/C13H19FN2O/c1-2-15-10-11-4-3-5-12(14)13(11)16-6-8-17-9-7-16/h3-5,15H,2,6-10H2,1H3. The molecule has 1 aromatic carbocycles. The zero-order chi connectivity index (χ0) is 12.1. The normalized spacial score (nSPS) is 16.2. The maximum Gasteiger partial charge on any atom is 0.146 e. The van der Waals surface area contributed by atoms with Gasteiger partial charge < -0.3 is 15.0 Å². The highest BCUT2D eigenvalue weighted by atomic mass is 19.1. The van der Waals surface area contributed by atoms with E-state index in [4.69, 9.17) is 4.74 Å². The van der Waals surface area contributed by atoms with E-state index in [0.717, 1.165) is 30.9 Å². The molecule has 4 heteroatoms. The number of anilines is 1. The van der Waals surface area contributed by atoms with Crippen LogP contribution < -0.4 is 10.2 Å². The van der Waals surface area contributed by atoms with E-state index in [-0.39, 0.29) is 5.82 Å². The Bertz CT molecular complexity index is 364. The molecule has 0 aromatic heterocycles. The molecule has 94 valence electrons. The molecule has 0 bridgehead atoms. The average Bonchev–Trinajstić information content (AvgIpc) is 2.37. The molecule has 0 spiro atoms. The van der Waals surface area contributed by atoms with Crippen molar-refractivity contribution in [3.8, 4) is 0 Å². The van der Waals surface area contributed by atoms with Gasteiger partial charge in [0.2, 0.25) is 0 Å². The molecule has 0 amide bonds. The van der Waals surface area contributed by atoms with Crippen LogP contribution >= 0.6 is 0 Å². The van der Waals surface area contributed by atoms with E-state index >= 15 is 0 Å². The molecule has 1 saturated heterocycles. The van der Waals surface area contributed by atoms with Crippen molar-refractivity contribution >= 4 is 5.69 Å². The molecule has 3 nitrogen and oxygen atoms in total. The molecule has 1 aliphatic heterocycles. The molecule has 1 fully saturated rings. The molecule has 0 unspecified atom stereocenters. The molecule has 1 heterocycles. The molecular weight excluding hydrogens is 219 g/mol. The highest BCUT2D eigenvalue weighted by molar-refractivity contribution is 5.55. The lowest BCUT2D eigenvalue weighted by Crippen LogP contribution is -2.37. The lowest BCUT2D eigenvalue weighted by molar-refractivity contribution is 0.122. The van der Waals surface area contributed by atoms with Gasteiger partial charge in [0, 0.05) is 19.6 Å². The summed E-state index contributed by atoms with van der Waals surface area (Å²) in [7, 11) is 0. The van der Waals surface area contributed by atoms with E-state index < -0.39 is 0 Å². The Hall–Kier alpha value is -1.13. The average molecular weight is 238 g/mol. The minimum Gasteiger partial charge on any atom is -0.378 e. The van der Waals surface area contributed by atoms with Crippen LogP contribution in [-0.2, 0) is 11.3 Å². The summed E-state index contributed by atoms with van der Waals surface area (Å²) in [6.07, 6.45) is 0. The van der Waals surface area contributed by atoms with Crippen molar-refractivity contribution in [2.75, 3.05) is 37.7 Å². The Morgan fingerprint density at radius 3 is 2.82 bits per heavy atom. The topological polar surface area (TPSA) is 24.5 Å². The molecule has 2 rings (SSSR count). The smallest absolute Gasteiger partial charge is 0.146 e. The highest BCUT2D eigenvalue weighted by Gasteiger charge is 2.18. The van der Waals surface area contributed by atoms with Crippen LogP contribution in [0.15, 0.2) is 18.2 Å². The van der Waals surface area contributed by atoms with Crippen LogP contribution in [0.1, 0.15) is 12.5 Å². The first kappa shape index (κ1) is 12.3. The monoisotopic (exact) mass is 238 g/mol. The van der Waals surface area contributed by atoms with Crippen LogP contribution in [-0.4, -0.2) is 32.8 Å².